The predicted octanol–water partition coefficient (Wildman–Crippen LogP) is 4.33. The van der Waals surface area contributed by atoms with E-state index in [4.69, 9.17) is 10.5 Å². The average Bonchev–Trinajstić information content (AvgIpc) is 2.94. The van der Waals surface area contributed by atoms with Gasteiger partial charge in [-0.3, -0.25) is 14.2 Å². The second-order valence-corrected chi connectivity index (χ2v) is 10.7. The van der Waals surface area contributed by atoms with Crippen LogP contribution in [0.1, 0.15) is 43.6 Å². The molecule has 3 N–H and O–H groups in total. The first-order valence-electron chi connectivity index (χ1n) is 13.3. The molecule has 2 heterocycles. The summed E-state index contributed by atoms with van der Waals surface area (Å²) in [6.45, 7) is 0.366. The second kappa shape index (κ2) is 11.0. The van der Waals surface area contributed by atoms with Crippen molar-refractivity contribution in [1.29, 1.82) is 0 Å². The summed E-state index contributed by atoms with van der Waals surface area (Å²) in [4.78, 5) is 32.1. The van der Waals surface area contributed by atoms with Gasteiger partial charge in [0, 0.05) is 37.8 Å². The third kappa shape index (κ3) is 5.99. The Bertz CT molecular complexity index is 1410. The summed E-state index contributed by atoms with van der Waals surface area (Å²) in [7, 11) is 0. The number of nitrogens with zero attached hydrogens (tertiary/aromatic N) is 3. The van der Waals surface area contributed by atoms with E-state index in [2.05, 4.69) is 4.98 Å². The van der Waals surface area contributed by atoms with Crippen LogP contribution >= 0.6 is 0 Å². The van der Waals surface area contributed by atoms with Crippen molar-refractivity contribution in [1.82, 2.24) is 14.5 Å². The molecular weight excluding hydrogens is 525 g/mol. The summed E-state index contributed by atoms with van der Waals surface area (Å²) in [6, 6.07) is 14.1. The molecule has 0 unspecified atom stereocenters. The summed E-state index contributed by atoms with van der Waals surface area (Å²) in [5.74, 6) is -4.47. The number of hydrogen-bond acceptors (Lipinski definition) is 6. The third-order valence-electron chi connectivity index (χ3n) is 7.90. The van der Waals surface area contributed by atoms with Crippen LogP contribution < -0.4 is 16.0 Å². The van der Waals surface area contributed by atoms with E-state index in [9.17, 15) is 27.9 Å². The number of likely N-dealkylation sites (tertiary alicyclic amines) is 1. The predicted molar refractivity (Wildman–Crippen MR) is 142 cm³/mol. The largest absolute Gasteiger partial charge is 0.437 e. The van der Waals surface area contributed by atoms with Crippen molar-refractivity contribution in [3.05, 3.63) is 82.7 Å². The minimum Gasteiger partial charge on any atom is -0.437 e. The summed E-state index contributed by atoms with van der Waals surface area (Å²) in [5, 5.41) is 11.2. The smallest absolute Gasteiger partial charge is 0.280 e. The third-order valence-corrected chi connectivity index (χ3v) is 7.90. The second-order valence-electron chi connectivity index (χ2n) is 10.7. The molecule has 1 aliphatic heterocycles. The molecule has 1 aromatic heterocycles. The number of nitrogens with two attached hydrogens (primary N) is 1. The molecule has 11 heteroatoms. The van der Waals surface area contributed by atoms with Crippen molar-refractivity contribution in [2.45, 2.75) is 56.1 Å². The van der Waals surface area contributed by atoms with Gasteiger partial charge in [-0.2, -0.15) is 0 Å². The number of anilines is 1. The van der Waals surface area contributed by atoms with E-state index >= 15 is 0 Å². The van der Waals surface area contributed by atoms with Crippen LogP contribution in [0.15, 0.2) is 65.7 Å². The molecule has 3 aromatic rings. The standard InChI is InChI=1S/C29H31F3N4O4/c30-20-6-8-21(9-7-20)40-25-24(33)27(38)36(18-34-25)17-28(39)12-14-35(15-13-28)26(37)22-10-11-29(31,32)16-23(22)19-4-2-1-3-5-19/h1-9,18,22-23,39H,10-17,33H2/t22-,23+/m1/s1. The number of benzene rings is 2. The molecule has 0 radical (unpaired) electrons. The fourth-order valence-corrected chi connectivity index (χ4v) is 5.63. The molecule has 1 saturated carbocycles. The van der Waals surface area contributed by atoms with E-state index in [-0.39, 0.29) is 75.0 Å². The molecule has 0 spiro atoms. The lowest BCUT2D eigenvalue weighted by molar-refractivity contribution is -0.145. The van der Waals surface area contributed by atoms with Crippen LogP contribution in [0.25, 0.3) is 0 Å². The number of ether oxygens (including phenoxy) is 1. The number of nitrogen functional groups attached to an aromatic ring is 1. The highest BCUT2D eigenvalue weighted by molar-refractivity contribution is 5.80. The normalized spacial score (nSPS) is 22.1. The van der Waals surface area contributed by atoms with Gasteiger partial charge in [0.2, 0.25) is 17.7 Å². The number of halogens is 3. The fraction of sp³-hybridized carbons (Fsp3) is 0.414. The van der Waals surface area contributed by atoms with Crippen LogP contribution in [0.2, 0.25) is 0 Å². The fourth-order valence-electron chi connectivity index (χ4n) is 5.63. The molecule has 40 heavy (non-hydrogen) atoms. The number of piperidine rings is 1. The maximum absolute atomic E-state index is 14.3. The van der Waals surface area contributed by atoms with Gasteiger partial charge in [0.05, 0.1) is 12.1 Å². The van der Waals surface area contributed by atoms with Gasteiger partial charge in [-0.25, -0.2) is 18.2 Å². The van der Waals surface area contributed by atoms with Crippen molar-refractivity contribution < 1.29 is 27.8 Å². The molecule has 1 aliphatic carbocycles. The van der Waals surface area contributed by atoms with Gasteiger partial charge in [0.15, 0.2) is 5.69 Å². The average molecular weight is 557 g/mol. The zero-order valence-corrected chi connectivity index (χ0v) is 21.8. The molecule has 0 bridgehead atoms. The van der Waals surface area contributed by atoms with Crippen LogP contribution in [0.4, 0.5) is 18.9 Å². The van der Waals surface area contributed by atoms with E-state index in [0.717, 1.165) is 5.56 Å². The monoisotopic (exact) mass is 556 g/mol. The Kier molecular flexibility index (Phi) is 7.59. The van der Waals surface area contributed by atoms with Gasteiger partial charge >= 0.3 is 0 Å². The Labute approximate surface area is 229 Å². The number of rotatable bonds is 6. The minimum atomic E-state index is -2.82. The molecule has 2 aliphatic rings. The number of carbonyl (C=O) groups is 1. The molecule has 1 saturated heterocycles. The summed E-state index contributed by atoms with van der Waals surface area (Å²) < 4.78 is 48.5. The first kappa shape index (κ1) is 27.7. The maximum Gasteiger partial charge on any atom is 0.280 e. The summed E-state index contributed by atoms with van der Waals surface area (Å²) in [6.07, 6.45) is 1.00. The number of aliphatic hydroxyl groups is 1. The molecule has 2 atom stereocenters. The van der Waals surface area contributed by atoms with E-state index in [1.54, 1.807) is 29.2 Å². The van der Waals surface area contributed by atoms with E-state index in [1.165, 1.54) is 35.2 Å². The van der Waals surface area contributed by atoms with Crippen molar-refractivity contribution in [2.75, 3.05) is 18.8 Å². The zero-order valence-electron chi connectivity index (χ0n) is 21.8. The van der Waals surface area contributed by atoms with Crippen LogP contribution in [-0.2, 0) is 11.3 Å². The highest BCUT2D eigenvalue weighted by atomic mass is 19.3. The first-order valence-corrected chi connectivity index (χ1v) is 13.3. The Morgan fingerprint density at radius 3 is 2.42 bits per heavy atom. The lowest BCUT2D eigenvalue weighted by atomic mass is 9.73. The van der Waals surface area contributed by atoms with Gasteiger partial charge in [-0.05, 0) is 49.1 Å². The Balaban J connectivity index is 1.24. The number of aromatic nitrogens is 2. The van der Waals surface area contributed by atoms with Crippen LogP contribution in [-0.4, -0.2) is 50.1 Å². The summed E-state index contributed by atoms with van der Waals surface area (Å²) in [5.41, 5.74) is 4.51. The SMILES string of the molecule is Nc1c(Oc2ccc(F)cc2)ncn(CC2(O)CCN(C(=O)[C@@H]3CCC(F)(F)C[C@H]3c3ccccc3)CC2)c1=O. The van der Waals surface area contributed by atoms with E-state index < -0.39 is 34.7 Å². The molecule has 2 aromatic carbocycles. The molecule has 2 fully saturated rings. The van der Waals surface area contributed by atoms with Gasteiger partial charge in [0.25, 0.3) is 5.56 Å². The number of carbonyl (C=O) groups excluding carboxylic acids is 1. The highest BCUT2D eigenvalue weighted by Crippen LogP contribution is 2.46. The van der Waals surface area contributed by atoms with Gasteiger partial charge < -0.3 is 20.5 Å². The van der Waals surface area contributed by atoms with Gasteiger partial charge in [-0.1, -0.05) is 30.3 Å². The number of amides is 1. The lowest BCUT2D eigenvalue weighted by Crippen LogP contribution is -2.52. The zero-order chi connectivity index (χ0) is 28.5. The van der Waals surface area contributed by atoms with Gasteiger partial charge in [-0.15, -0.1) is 0 Å². The van der Waals surface area contributed by atoms with E-state index in [0.29, 0.717) is 0 Å². The lowest BCUT2D eigenvalue weighted by Gasteiger charge is -2.42. The maximum atomic E-state index is 14.3. The quantitative estimate of drug-likeness (QED) is 0.468. The van der Waals surface area contributed by atoms with Crippen LogP contribution in [0.5, 0.6) is 11.6 Å². The number of alkyl halides is 2. The molecular formula is C29H31F3N4O4. The molecule has 212 valence electrons. The van der Waals surface area contributed by atoms with Crippen molar-refractivity contribution >= 4 is 11.6 Å². The van der Waals surface area contributed by atoms with Crippen molar-refractivity contribution in [2.24, 2.45) is 5.92 Å². The first-order chi connectivity index (χ1) is 19.0. The molecule has 8 nitrogen and oxygen atoms in total. The van der Waals surface area contributed by atoms with E-state index in [1.807, 2.05) is 6.07 Å². The Morgan fingerprint density at radius 2 is 1.75 bits per heavy atom. The van der Waals surface area contributed by atoms with Crippen molar-refractivity contribution in [3.8, 4) is 11.6 Å². The van der Waals surface area contributed by atoms with Crippen molar-refractivity contribution in [3.63, 3.8) is 0 Å². The Hall–Kier alpha value is -3.86. The Morgan fingerprint density at radius 1 is 1.07 bits per heavy atom. The van der Waals surface area contributed by atoms with Crippen LogP contribution in [0.3, 0.4) is 0 Å². The number of hydrogen-bond donors (Lipinski definition) is 2. The molecule has 1 amide bonds. The molecule has 5 rings (SSSR count). The van der Waals surface area contributed by atoms with Gasteiger partial charge in [0.1, 0.15) is 17.9 Å². The topological polar surface area (TPSA) is 111 Å². The minimum absolute atomic E-state index is 0.0931. The summed E-state index contributed by atoms with van der Waals surface area (Å²) >= 11 is 0. The van der Waals surface area contributed by atoms with Crippen LogP contribution in [0, 0.1) is 11.7 Å². The highest BCUT2D eigenvalue weighted by Gasteiger charge is 2.46.